The van der Waals surface area contributed by atoms with Crippen molar-refractivity contribution in [3.05, 3.63) is 29.8 Å². The molecule has 0 saturated heterocycles. The summed E-state index contributed by atoms with van der Waals surface area (Å²) in [5.74, 6) is -0.523. The summed E-state index contributed by atoms with van der Waals surface area (Å²) in [6.07, 6.45) is -4.39. The van der Waals surface area contributed by atoms with Crippen molar-refractivity contribution in [2.24, 2.45) is 5.92 Å². The van der Waals surface area contributed by atoms with E-state index < -0.39 is 11.7 Å². The highest BCUT2D eigenvalue weighted by atomic mass is 19.4. The van der Waals surface area contributed by atoms with Crippen molar-refractivity contribution in [2.45, 2.75) is 20.0 Å². The summed E-state index contributed by atoms with van der Waals surface area (Å²) in [6.45, 7) is 4.79. The van der Waals surface area contributed by atoms with Gasteiger partial charge in [-0.1, -0.05) is 6.92 Å². The number of hydrogen-bond acceptors (Lipinski definition) is 3. The van der Waals surface area contributed by atoms with Crippen LogP contribution in [-0.4, -0.2) is 30.4 Å². The Morgan fingerprint density at radius 1 is 1.36 bits per heavy atom. The average molecular weight is 313 g/mol. The van der Waals surface area contributed by atoms with E-state index >= 15 is 0 Å². The first-order valence-corrected chi connectivity index (χ1v) is 6.85. The molecule has 22 heavy (non-hydrogen) atoms. The molecule has 0 aliphatic carbocycles. The molecule has 0 heterocycles. The van der Waals surface area contributed by atoms with Gasteiger partial charge in [0.1, 0.15) is 0 Å². The quantitative estimate of drug-likeness (QED) is 0.878. The Hall–Kier alpha value is -2.07. The molecular formula is C15H18F3N3O. The molecule has 7 heteroatoms. The number of alkyl halides is 3. The third kappa shape index (κ3) is 5.74. The van der Waals surface area contributed by atoms with E-state index in [-0.39, 0.29) is 18.4 Å². The number of carbonyl (C=O) groups is 1. The van der Waals surface area contributed by atoms with E-state index in [1.54, 1.807) is 11.8 Å². The van der Waals surface area contributed by atoms with Crippen LogP contribution in [0, 0.1) is 17.2 Å². The zero-order chi connectivity index (χ0) is 16.8. The predicted octanol–water partition coefficient (Wildman–Crippen LogP) is 3.13. The van der Waals surface area contributed by atoms with E-state index in [0.29, 0.717) is 18.8 Å². The number of nitriles is 1. The fourth-order valence-corrected chi connectivity index (χ4v) is 1.88. The number of nitrogens with one attached hydrogen (secondary N) is 1. The van der Waals surface area contributed by atoms with Crippen molar-refractivity contribution < 1.29 is 18.0 Å². The van der Waals surface area contributed by atoms with Gasteiger partial charge in [0.2, 0.25) is 5.91 Å². The van der Waals surface area contributed by atoms with Crippen LogP contribution in [0.4, 0.5) is 18.9 Å². The van der Waals surface area contributed by atoms with Gasteiger partial charge in [-0.2, -0.15) is 18.4 Å². The number of amides is 1. The van der Waals surface area contributed by atoms with E-state index in [2.05, 4.69) is 11.4 Å². The van der Waals surface area contributed by atoms with Gasteiger partial charge < -0.3 is 5.32 Å². The van der Waals surface area contributed by atoms with Gasteiger partial charge in [-0.3, -0.25) is 9.69 Å². The third-order valence-electron chi connectivity index (χ3n) is 3.06. The normalized spacial score (nSPS) is 12.8. The van der Waals surface area contributed by atoms with Gasteiger partial charge in [0, 0.05) is 12.2 Å². The molecule has 1 N–H and O–H groups in total. The first-order valence-electron chi connectivity index (χ1n) is 6.85. The third-order valence-corrected chi connectivity index (χ3v) is 3.06. The number of benzene rings is 1. The van der Waals surface area contributed by atoms with Gasteiger partial charge in [0.05, 0.1) is 24.1 Å². The number of anilines is 1. The van der Waals surface area contributed by atoms with Crippen LogP contribution in [-0.2, 0) is 11.0 Å². The largest absolute Gasteiger partial charge is 0.416 e. The molecule has 1 rings (SSSR count). The molecule has 1 amide bonds. The van der Waals surface area contributed by atoms with E-state index in [4.69, 9.17) is 5.26 Å². The number of likely N-dealkylation sites (N-methyl/N-ethyl adjacent to an activating group) is 1. The molecule has 1 aromatic carbocycles. The van der Waals surface area contributed by atoms with Crippen molar-refractivity contribution in [1.82, 2.24) is 4.90 Å². The van der Waals surface area contributed by atoms with Gasteiger partial charge >= 0.3 is 6.18 Å². The number of halogens is 3. The van der Waals surface area contributed by atoms with Crippen LogP contribution in [0.15, 0.2) is 24.3 Å². The van der Waals surface area contributed by atoms with Crippen LogP contribution in [0.1, 0.15) is 19.4 Å². The zero-order valence-corrected chi connectivity index (χ0v) is 12.4. The summed E-state index contributed by atoms with van der Waals surface area (Å²) >= 11 is 0. The van der Waals surface area contributed by atoms with Crippen LogP contribution < -0.4 is 5.32 Å². The average Bonchev–Trinajstić information content (AvgIpc) is 2.45. The number of nitrogens with zero attached hydrogens (tertiary/aromatic N) is 2. The van der Waals surface area contributed by atoms with Crippen LogP contribution in [0.5, 0.6) is 0 Å². The van der Waals surface area contributed by atoms with Crippen molar-refractivity contribution >= 4 is 11.6 Å². The summed E-state index contributed by atoms with van der Waals surface area (Å²) in [6, 6.07) is 6.37. The summed E-state index contributed by atoms with van der Waals surface area (Å²) in [4.78, 5) is 13.7. The second-order valence-electron chi connectivity index (χ2n) is 4.98. The Morgan fingerprint density at radius 3 is 2.41 bits per heavy atom. The smallest absolute Gasteiger partial charge is 0.325 e. The molecule has 4 nitrogen and oxygen atoms in total. The van der Waals surface area contributed by atoms with E-state index in [9.17, 15) is 18.0 Å². The maximum Gasteiger partial charge on any atom is 0.416 e. The molecule has 0 radical (unpaired) electrons. The highest BCUT2D eigenvalue weighted by Gasteiger charge is 2.30. The molecule has 0 saturated carbocycles. The first kappa shape index (κ1) is 18.0. The molecule has 0 aliphatic rings. The van der Waals surface area contributed by atoms with Crippen molar-refractivity contribution in [3.8, 4) is 6.07 Å². The lowest BCUT2D eigenvalue weighted by atomic mass is 10.2. The topological polar surface area (TPSA) is 56.1 Å². The Bertz CT molecular complexity index is 534. The van der Waals surface area contributed by atoms with Gasteiger partial charge in [0.15, 0.2) is 0 Å². The SMILES string of the molecule is CCN(CC(=O)Nc1ccc(C(F)(F)F)cc1)CC(C)C#N. The fraction of sp³-hybridized carbons (Fsp3) is 0.467. The van der Waals surface area contributed by atoms with E-state index in [1.165, 1.54) is 12.1 Å². The molecule has 0 aromatic heterocycles. The van der Waals surface area contributed by atoms with Gasteiger partial charge in [0.25, 0.3) is 0 Å². The first-order chi connectivity index (χ1) is 10.3. The van der Waals surface area contributed by atoms with Gasteiger partial charge in [-0.05, 0) is 37.7 Å². The minimum absolute atomic E-state index is 0.0868. The van der Waals surface area contributed by atoms with Gasteiger partial charge in [-0.15, -0.1) is 0 Å². The maximum atomic E-state index is 12.4. The molecule has 0 aliphatic heterocycles. The lowest BCUT2D eigenvalue weighted by Gasteiger charge is -2.20. The maximum absolute atomic E-state index is 12.4. The minimum Gasteiger partial charge on any atom is -0.325 e. The summed E-state index contributed by atoms with van der Waals surface area (Å²) < 4.78 is 37.3. The van der Waals surface area contributed by atoms with E-state index in [0.717, 1.165) is 12.1 Å². The lowest BCUT2D eigenvalue weighted by Crippen LogP contribution is -2.35. The zero-order valence-electron chi connectivity index (χ0n) is 12.4. The van der Waals surface area contributed by atoms with Crippen molar-refractivity contribution in [3.63, 3.8) is 0 Å². The second kappa shape index (κ2) is 7.80. The number of carbonyl (C=O) groups excluding carboxylic acids is 1. The standard InChI is InChI=1S/C15H18F3N3O/c1-3-21(9-11(2)8-19)10-14(22)20-13-6-4-12(5-7-13)15(16,17)18/h4-7,11H,3,9-10H2,1-2H3,(H,20,22). The molecule has 0 fully saturated rings. The molecule has 0 spiro atoms. The molecule has 1 atom stereocenters. The molecular weight excluding hydrogens is 295 g/mol. The lowest BCUT2D eigenvalue weighted by molar-refractivity contribution is -0.137. The van der Waals surface area contributed by atoms with Crippen molar-refractivity contribution in [1.29, 1.82) is 5.26 Å². The highest BCUT2D eigenvalue weighted by Crippen LogP contribution is 2.29. The highest BCUT2D eigenvalue weighted by molar-refractivity contribution is 5.92. The fourth-order valence-electron chi connectivity index (χ4n) is 1.88. The number of hydrogen-bond donors (Lipinski definition) is 1. The van der Waals surface area contributed by atoms with Gasteiger partial charge in [-0.25, -0.2) is 0 Å². The van der Waals surface area contributed by atoms with Crippen LogP contribution in [0.3, 0.4) is 0 Å². The summed E-state index contributed by atoms with van der Waals surface area (Å²) in [5.41, 5.74) is -0.453. The Morgan fingerprint density at radius 2 is 1.95 bits per heavy atom. The van der Waals surface area contributed by atoms with E-state index in [1.807, 2.05) is 6.92 Å². The molecule has 120 valence electrons. The Balaban J connectivity index is 2.59. The summed E-state index contributed by atoms with van der Waals surface area (Å²) in [5, 5.41) is 11.3. The van der Waals surface area contributed by atoms with Crippen LogP contribution in [0.25, 0.3) is 0 Å². The van der Waals surface area contributed by atoms with Crippen molar-refractivity contribution in [2.75, 3.05) is 25.0 Å². The second-order valence-corrected chi connectivity index (χ2v) is 4.98. The predicted molar refractivity (Wildman–Crippen MR) is 77.0 cm³/mol. The minimum atomic E-state index is -4.39. The molecule has 1 unspecified atom stereocenters. The molecule has 0 bridgehead atoms. The Kier molecular flexibility index (Phi) is 6.38. The Labute approximate surface area is 127 Å². The van der Waals surface area contributed by atoms with Crippen LogP contribution in [0.2, 0.25) is 0 Å². The monoisotopic (exact) mass is 313 g/mol. The molecule has 1 aromatic rings. The summed E-state index contributed by atoms with van der Waals surface area (Å²) in [7, 11) is 0. The van der Waals surface area contributed by atoms with Crippen LogP contribution >= 0.6 is 0 Å². The number of rotatable bonds is 6.